The van der Waals surface area contributed by atoms with Crippen LogP contribution in [-0.2, 0) is 0 Å². The van der Waals surface area contributed by atoms with Gasteiger partial charge < -0.3 is 19.9 Å². The number of hydrogen-bond donors (Lipinski definition) is 3. The van der Waals surface area contributed by atoms with Gasteiger partial charge in [0.05, 0.1) is 32.3 Å². The lowest BCUT2D eigenvalue weighted by Gasteiger charge is -2.25. The van der Waals surface area contributed by atoms with Crippen LogP contribution < -0.4 is 20.5 Å². The lowest BCUT2D eigenvalue weighted by atomic mass is 10.0. The Morgan fingerprint density at radius 1 is 1.14 bits per heavy atom. The highest BCUT2D eigenvalue weighted by atomic mass is 16.5. The predicted octanol–water partition coefficient (Wildman–Crippen LogP) is 1.69. The van der Waals surface area contributed by atoms with Crippen molar-refractivity contribution in [3.05, 3.63) is 76.1 Å². The maximum absolute atomic E-state index is 13.0. The third-order valence-electron chi connectivity index (χ3n) is 5.72. The number of benzene rings is 2. The van der Waals surface area contributed by atoms with Crippen molar-refractivity contribution >= 4 is 16.8 Å². The summed E-state index contributed by atoms with van der Waals surface area (Å²) in [6.45, 7) is 2.71. The van der Waals surface area contributed by atoms with E-state index in [0.29, 0.717) is 17.6 Å². The summed E-state index contributed by atoms with van der Waals surface area (Å²) < 4.78 is 5.27. The van der Waals surface area contributed by atoms with E-state index >= 15 is 0 Å². The minimum absolute atomic E-state index is 0.167. The average Bonchev–Trinajstić information content (AvgIpc) is 3.28. The summed E-state index contributed by atoms with van der Waals surface area (Å²) in [5.74, 6) is 0.604. The Bertz CT molecular complexity index is 1050. The van der Waals surface area contributed by atoms with E-state index in [4.69, 9.17) is 4.74 Å². The van der Waals surface area contributed by atoms with Crippen molar-refractivity contribution in [2.75, 3.05) is 26.7 Å². The van der Waals surface area contributed by atoms with Gasteiger partial charge in [-0.2, -0.15) is 0 Å². The van der Waals surface area contributed by atoms with Crippen molar-refractivity contribution in [3.63, 3.8) is 0 Å². The van der Waals surface area contributed by atoms with Crippen molar-refractivity contribution in [3.8, 4) is 5.75 Å². The van der Waals surface area contributed by atoms with Crippen LogP contribution in [0.1, 0.15) is 34.8 Å². The molecule has 4 rings (SSSR count). The number of nitrogens with one attached hydrogen (secondary N) is 3. The Kier molecular flexibility index (Phi) is 5.62. The van der Waals surface area contributed by atoms with Gasteiger partial charge in [-0.15, -0.1) is 0 Å². The molecule has 1 aliphatic rings. The Morgan fingerprint density at radius 3 is 2.59 bits per heavy atom. The molecule has 0 saturated carbocycles. The second-order valence-electron chi connectivity index (χ2n) is 7.49. The monoisotopic (exact) mass is 392 g/mol. The molecule has 1 fully saturated rings. The van der Waals surface area contributed by atoms with Crippen molar-refractivity contribution < 1.29 is 14.4 Å². The first-order valence-electron chi connectivity index (χ1n) is 10.0. The highest BCUT2D eigenvalue weighted by Gasteiger charge is 2.28. The van der Waals surface area contributed by atoms with Crippen LogP contribution in [0.25, 0.3) is 10.9 Å². The number of hydrogen-bond acceptors (Lipinski definition) is 3. The van der Waals surface area contributed by atoms with Gasteiger partial charge in [0.1, 0.15) is 11.8 Å². The van der Waals surface area contributed by atoms with Gasteiger partial charge in [0, 0.05) is 35.4 Å². The van der Waals surface area contributed by atoms with E-state index in [1.54, 1.807) is 7.11 Å². The first-order valence-corrected chi connectivity index (χ1v) is 10.0. The molecule has 1 aromatic heterocycles. The second-order valence-corrected chi connectivity index (χ2v) is 7.49. The fraction of sp³-hybridized carbons (Fsp3) is 0.304. The molecule has 0 unspecified atom stereocenters. The van der Waals surface area contributed by atoms with Gasteiger partial charge in [0.25, 0.3) is 5.91 Å². The molecule has 1 atom stereocenters. The number of rotatable bonds is 6. The van der Waals surface area contributed by atoms with E-state index in [1.165, 1.54) is 29.4 Å². The molecule has 3 aromatic rings. The van der Waals surface area contributed by atoms with Gasteiger partial charge in [-0.25, -0.2) is 0 Å². The topological polar surface area (TPSA) is 75.6 Å². The van der Waals surface area contributed by atoms with Crippen LogP contribution >= 0.6 is 0 Å². The summed E-state index contributed by atoms with van der Waals surface area (Å²) >= 11 is 0. The Hall–Kier alpha value is -3.12. The largest absolute Gasteiger partial charge is 0.497 e. The number of fused-ring (bicyclic) bond motifs is 1. The zero-order chi connectivity index (χ0) is 20.2. The van der Waals surface area contributed by atoms with Gasteiger partial charge in [-0.05, 0) is 30.3 Å². The normalized spacial score (nSPS) is 15.3. The quantitative estimate of drug-likeness (QED) is 0.598. The molecule has 1 amide bonds. The number of carbonyl (C=O) groups is 1. The first kappa shape index (κ1) is 19.2. The van der Waals surface area contributed by atoms with Crippen LogP contribution in [0.3, 0.4) is 0 Å². The summed E-state index contributed by atoms with van der Waals surface area (Å²) in [7, 11) is 1.66. The summed E-state index contributed by atoms with van der Waals surface area (Å²) in [5, 5.41) is 3.83. The molecule has 2 aromatic carbocycles. The number of carbonyl (C=O) groups excluding carboxylic acids is 1. The molecule has 6 nitrogen and oxygen atoms in total. The zero-order valence-corrected chi connectivity index (χ0v) is 16.5. The van der Waals surface area contributed by atoms with Gasteiger partial charge in [-0.3, -0.25) is 9.59 Å². The highest BCUT2D eigenvalue weighted by Crippen LogP contribution is 2.18. The molecule has 0 radical (unpaired) electrons. The van der Waals surface area contributed by atoms with Crippen LogP contribution in [0.2, 0.25) is 0 Å². The van der Waals surface area contributed by atoms with Crippen molar-refractivity contribution in [1.29, 1.82) is 0 Å². The van der Waals surface area contributed by atoms with E-state index in [9.17, 15) is 9.59 Å². The maximum atomic E-state index is 13.0. The zero-order valence-electron chi connectivity index (χ0n) is 16.5. The van der Waals surface area contributed by atoms with Gasteiger partial charge >= 0.3 is 0 Å². The Labute approximate surface area is 169 Å². The van der Waals surface area contributed by atoms with E-state index in [2.05, 4.69) is 22.4 Å². The number of pyridine rings is 1. The standard InChI is InChI=1S/C23H25N3O3/c1-29-17-10-8-16(9-11-17)21(26-12-4-5-13-26)15-24-23(28)19-14-22(27)25-20-7-3-2-6-18(19)20/h2-3,6-11,14,21H,4-5,12-13,15H2,1H3,(H,24,28)(H,25,27)/p+1/t21-/m1/s1. The number of para-hydroxylation sites is 1. The number of aromatic amines is 1. The molecule has 0 spiro atoms. The molecule has 0 aliphatic carbocycles. The Morgan fingerprint density at radius 2 is 1.86 bits per heavy atom. The fourth-order valence-corrected chi connectivity index (χ4v) is 4.19. The van der Waals surface area contributed by atoms with Gasteiger partial charge in [-0.1, -0.05) is 18.2 Å². The summed E-state index contributed by atoms with van der Waals surface area (Å²) in [5.41, 5.74) is 1.99. The molecule has 2 heterocycles. The second kappa shape index (κ2) is 8.49. The van der Waals surface area contributed by atoms with Crippen LogP contribution in [-0.4, -0.2) is 37.6 Å². The van der Waals surface area contributed by atoms with Crippen LogP contribution in [0.15, 0.2) is 59.4 Å². The fourth-order valence-electron chi connectivity index (χ4n) is 4.19. The average molecular weight is 392 g/mol. The van der Waals surface area contributed by atoms with E-state index in [-0.39, 0.29) is 17.5 Å². The van der Waals surface area contributed by atoms with E-state index in [0.717, 1.165) is 24.2 Å². The van der Waals surface area contributed by atoms with Crippen molar-refractivity contribution in [2.45, 2.75) is 18.9 Å². The van der Waals surface area contributed by atoms with Crippen molar-refractivity contribution in [2.24, 2.45) is 0 Å². The van der Waals surface area contributed by atoms with Crippen LogP contribution in [0.5, 0.6) is 5.75 Å². The van der Waals surface area contributed by atoms with Gasteiger partial charge in [0.15, 0.2) is 0 Å². The molecule has 1 saturated heterocycles. The van der Waals surface area contributed by atoms with Gasteiger partial charge in [0.2, 0.25) is 5.56 Å². The lowest BCUT2D eigenvalue weighted by molar-refractivity contribution is -0.918. The molecule has 6 heteroatoms. The summed E-state index contributed by atoms with van der Waals surface area (Å²) in [4.78, 5) is 29.2. The minimum Gasteiger partial charge on any atom is -0.497 e. The summed E-state index contributed by atoms with van der Waals surface area (Å²) in [6.07, 6.45) is 2.41. The number of amides is 1. The number of aromatic nitrogens is 1. The number of likely N-dealkylation sites (tertiary alicyclic amines) is 1. The Balaban J connectivity index is 1.57. The molecule has 3 N–H and O–H groups in total. The smallest absolute Gasteiger partial charge is 0.252 e. The molecule has 150 valence electrons. The number of methoxy groups -OCH3 is 1. The number of H-pyrrole nitrogens is 1. The van der Waals surface area contributed by atoms with Crippen LogP contribution in [0.4, 0.5) is 0 Å². The third-order valence-corrected chi connectivity index (χ3v) is 5.72. The van der Waals surface area contributed by atoms with E-state index < -0.39 is 0 Å². The molecule has 1 aliphatic heterocycles. The molecular formula is C23H26N3O3+. The minimum atomic E-state index is -0.272. The molecular weight excluding hydrogens is 366 g/mol. The summed E-state index contributed by atoms with van der Waals surface area (Å²) in [6, 6.07) is 17.0. The van der Waals surface area contributed by atoms with E-state index in [1.807, 2.05) is 36.4 Å². The number of ether oxygens (including phenoxy) is 1. The highest BCUT2D eigenvalue weighted by molar-refractivity contribution is 6.05. The number of quaternary nitrogens is 1. The third kappa shape index (κ3) is 4.17. The molecule has 29 heavy (non-hydrogen) atoms. The van der Waals surface area contributed by atoms with Crippen LogP contribution in [0, 0.1) is 0 Å². The maximum Gasteiger partial charge on any atom is 0.252 e. The van der Waals surface area contributed by atoms with Crippen molar-refractivity contribution in [1.82, 2.24) is 10.3 Å². The predicted molar refractivity (Wildman–Crippen MR) is 113 cm³/mol. The SMILES string of the molecule is COc1ccc([C@@H](CNC(=O)c2cc(=O)[nH]c3ccccc23)[NH+]2CCCC2)cc1. The lowest BCUT2D eigenvalue weighted by Crippen LogP contribution is -3.11. The molecule has 0 bridgehead atoms. The first-order chi connectivity index (χ1) is 14.2.